The molecule has 0 radical (unpaired) electrons. The lowest BCUT2D eigenvalue weighted by Gasteiger charge is -2.10. The molecule has 0 spiro atoms. The molecule has 0 atom stereocenters. The van der Waals surface area contributed by atoms with Gasteiger partial charge in [-0.25, -0.2) is 4.98 Å². The molecule has 1 N–H and O–H groups in total. The molecule has 0 aliphatic carbocycles. The molecule has 0 amide bonds. The van der Waals surface area contributed by atoms with Gasteiger partial charge in [0.2, 0.25) is 5.88 Å². The second-order valence-electron chi connectivity index (χ2n) is 4.68. The van der Waals surface area contributed by atoms with E-state index < -0.39 is 0 Å². The highest BCUT2D eigenvalue weighted by Crippen LogP contribution is 2.17. The van der Waals surface area contributed by atoms with Crippen LogP contribution >= 0.6 is 11.6 Å². The molecule has 0 bridgehead atoms. The van der Waals surface area contributed by atoms with Gasteiger partial charge >= 0.3 is 0 Å². The molecule has 1 aromatic rings. The van der Waals surface area contributed by atoms with Crippen molar-refractivity contribution in [2.24, 2.45) is 5.92 Å². The zero-order valence-electron chi connectivity index (χ0n) is 11.9. The van der Waals surface area contributed by atoms with Gasteiger partial charge in [0.05, 0.1) is 17.3 Å². The third-order valence-corrected chi connectivity index (χ3v) is 2.71. The van der Waals surface area contributed by atoms with Gasteiger partial charge in [-0.3, -0.25) is 0 Å². The Balaban J connectivity index is 2.37. The highest BCUT2D eigenvalue weighted by molar-refractivity contribution is 6.31. The Morgan fingerprint density at radius 1 is 1.32 bits per heavy atom. The highest BCUT2D eigenvalue weighted by Gasteiger charge is 2.04. The van der Waals surface area contributed by atoms with Gasteiger partial charge in [-0.1, -0.05) is 32.4 Å². The van der Waals surface area contributed by atoms with E-state index >= 15 is 0 Å². The Hall–Kier alpha value is -0.840. The number of rotatable bonds is 9. The van der Waals surface area contributed by atoms with Crippen LogP contribution in [-0.4, -0.2) is 31.3 Å². The maximum absolute atomic E-state index is 6.07. The van der Waals surface area contributed by atoms with Gasteiger partial charge in [0.25, 0.3) is 0 Å². The molecule has 1 aromatic heterocycles. The summed E-state index contributed by atoms with van der Waals surface area (Å²) >= 11 is 6.07. The van der Waals surface area contributed by atoms with Crippen molar-refractivity contribution in [1.29, 1.82) is 0 Å². The first-order chi connectivity index (χ1) is 9.13. The van der Waals surface area contributed by atoms with Gasteiger partial charge in [-0.05, 0) is 18.5 Å². The second kappa shape index (κ2) is 9.13. The van der Waals surface area contributed by atoms with E-state index in [1.807, 2.05) is 13.0 Å². The lowest BCUT2D eigenvalue weighted by atomic mass is 10.2. The van der Waals surface area contributed by atoms with Crippen molar-refractivity contribution in [1.82, 2.24) is 10.3 Å². The van der Waals surface area contributed by atoms with E-state index in [2.05, 4.69) is 24.1 Å². The number of hydrogen-bond donors (Lipinski definition) is 1. The zero-order valence-corrected chi connectivity index (χ0v) is 12.7. The van der Waals surface area contributed by atoms with E-state index in [-0.39, 0.29) is 0 Å². The van der Waals surface area contributed by atoms with E-state index in [1.54, 1.807) is 6.07 Å². The minimum atomic E-state index is 0.502. The normalized spacial score (nSPS) is 11.0. The molecule has 19 heavy (non-hydrogen) atoms. The van der Waals surface area contributed by atoms with E-state index in [1.165, 1.54) is 0 Å². The fourth-order valence-corrected chi connectivity index (χ4v) is 1.61. The lowest BCUT2D eigenvalue weighted by molar-refractivity contribution is 0.0805. The Morgan fingerprint density at radius 3 is 2.79 bits per heavy atom. The van der Waals surface area contributed by atoms with Gasteiger partial charge < -0.3 is 14.8 Å². The minimum absolute atomic E-state index is 0.502. The van der Waals surface area contributed by atoms with Crippen molar-refractivity contribution in [2.45, 2.75) is 27.3 Å². The summed E-state index contributed by atoms with van der Waals surface area (Å²) in [5, 5.41) is 3.85. The molecule has 1 heterocycles. The van der Waals surface area contributed by atoms with Crippen LogP contribution in [0.2, 0.25) is 5.02 Å². The summed E-state index contributed by atoms with van der Waals surface area (Å²) in [7, 11) is 0. The summed E-state index contributed by atoms with van der Waals surface area (Å²) < 4.78 is 11.0. The number of halogens is 1. The van der Waals surface area contributed by atoms with Crippen LogP contribution in [0, 0.1) is 5.92 Å². The van der Waals surface area contributed by atoms with Crippen LogP contribution in [0.1, 0.15) is 26.5 Å². The molecule has 1 rings (SSSR count). The summed E-state index contributed by atoms with van der Waals surface area (Å²) in [5.41, 5.74) is 0.809. The van der Waals surface area contributed by atoms with Crippen LogP contribution in [0.5, 0.6) is 5.88 Å². The molecule has 5 heteroatoms. The van der Waals surface area contributed by atoms with Crippen molar-refractivity contribution < 1.29 is 9.47 Å². The molecule has 0 aromatic carbocycles. The summed E-state index contributed by atoms with van der Waals surface area (Å²) in [6.45, 7) is 9.64. The molecule has 4 nitrogen and oxygen atoms in total. The SMILES string of the molecule is CCNCc1nc(OCCOCC(C)C)ccc1Cl. The van der Waals surface area contributed by atoms with Crippen LogP contribution in [0.4, 0.5) is 0 Å². The van der Waals surface area contributed by atoms with Crippen molar-refractivity contribution in [3.8, 4) is 5.88 Å². The second-order valence-corrected chi connectivity index (χ2v) is 5.08. The lowest BCUT2D eigenvalue weighted by Crippen LogP contribution is -2.14. The highest BCUT2D eigenvalue weighted by atomic mass is 35.5. The van der Waals surface area contributed by atoms with Crippen molar-refractivity contribution in [3.05, 3.63) is 22.8 Å². The molecule has 0 saturated carbocycles. The molecule has 0 fully saturated rings. The molecule has 108 valence electrons. The predicted octanol–water partition coefficient (Wildman–Crippen LogP) is 2.90. The van der Waals surface area contributed by atoms with Crippen molar-refractivity contribution in [3.63, 3.8) is 0 Å². The van der Waals surface area contributed by atoms with Crippen molar-refractivity contribution >= 4 is 11.6 Å². The van der Waals surface area contributed by atoms with E-state index in [9.17, 15) is 0 Å². The third-order valence-electron chi connectivity index (χ3n) is 2.36. The van der Waals surface area contributed by atoms with E-state index in [0.29, 0.717) is 36.6 Å². The van der Waals surface area contributed by atoms with Crippen LogP contribution in [0.3, 0.4) is 0 Å². The fraction of sp³-hybridized carbons (Fsp3) is 0.643. The van der Waals surface area contributed by atoms with Gasteiger partial charge in [-0.15, -0.1) is 0 Å². The number of ether oxygens (including phenoxy) is 2. The summed E-state index contributed by atoms with van der Waals surface area (Å²) in [6.07, 6.45) is 0. The average molecular weight is 287 g/mol. The molecular weight excluding hydrogens is 264 g/mol. The average Bonchev–Trinajstić information content (AvgIpc) is 2.38. The molecule has 0 saturated heterocycles. The first kappa shape index (κ1) is 16.2. The van der Waals surface area contributed by atoms with Crippen LogP contribution < -0.4 is 10.1 Å². The van der Waals surface area contributed by atoms with Crippen molar-refractivity contribution in [2.75, 3.05) is 26.4 Å². The fourth-order valence-electron chi connectivity index (χ4n) is 1.44. The zero-order chi connectivity index (χ0) is 14.1. The summed E-state index contributed by atoms with van der Waals surface area (Å²) in [5.74, 6) is 1.13. The summed E-state index contributed by atoms with van der Waals surface area (Å²) in [4.78, 5) is 4.37. The first-order valence-electron chi connectivity index (χ1n) is 6.70. The number of hydrogen-bond acceptors (Lipinski definition) is 4. The van der Waals surface area contributed by atoms with Crippen LogP contribution in [-0.2, 0) is 11.3 Å². The molecular formula is C14H23ClN2O2. The quantitative estimate of drug-likeness (QED) is 0.709. The van der Waals surface area contributed by atoms with Crippen LogP contribution in [0.15, 0.2) is 12.1 Å². The summed E-state index contributed by atoms with van der Waals surface area (Å²) in [6, 6.07) is 3.59. The first-order valence-corrected chi connectivity index (χ1v) is 7.08. The van der Waals surface area contributed by atoms with Gasteiger partial charge in [0, 0.05) is 19.2 Å². The standard InChI is InChI=1S/C14H23ClN2O2/c1-4-16-9-13-12(15)5-6-14(17-13)19-8-7-18-10-11(2)3/h5-6,11,16H,4,7-10H2,1-3H3. The number of aromatic nitrogens is 1. The Bertz CT molecular complexity index is 372. The molecule has 0 unspecified atom stereocenters. The largest absolute Gasteiger partial charge is 0.475 e. The van der Waals surface area contributed by atoms with Gasteiger partial charge in [0.1, 0.15) is 6.61 Å². The van der Waals surface area contributed by atoms with Gasteiger partial charge in [0.15, 0.2) is 0 Å². The van der Waals surface area contributed by atoms with Crippen LogP contribution in [0.25, 0.3) is 0 Å². The predicted molar refractivity (Wildman–Crippen MR) is 77.8 cm³/mol. The third kappa shape index (κ3) is 6.76. The molecule has 0 aliphatic heterocycles. The van der Waals surface area contributed by atoms with Gasteiger partial charge in [-0.2, -0.15) is 0 Å². The number of pyridine rings is 1. The monoisotopic (exact) mass is 286 g/mol. The topological polar surface area (TPSA) is 43.4 Å². The minimum Gasteiger partial charge on any atom is -0.475 e. The number of nitrogens with zero attached hydrogens (tertiary/aromatic N) is 1. The molecule has 0 aliphatic rings. The maximum Gasteiger partial charge on any atom is 0.213 e. The van der Waals surface area contributed by atoms with E-state index in [0.717, 1.165) is 18.8 Å². The maximum atomic E-state index is 6.07. The van der Waals surface area contributed by atoms with E-state index in [4.69, 9.17) is 21.1 Å². The Kier molecular flexibility index (Phi) is 7.79. The smallest absolute Gasteiger partial charge is 0.213 e. The number of nitrogens with one attached hydrogen (secondary N) is 1. The Morgan fingerprint density at radius 2 is 2.11 bits per heavy atom. The Labute approximate surface area is 120 Å².